The molecule has 0 spiro atoms. The van der Waals surface area contributed by atoms with E-state index in [1.54, 1.807) is 13.8 Å². The molecule has 0 saturated carbocycles. The maximum atomic E-state index is 9.70. The van der Waals surface area contributed by atoms with Gasteiger partial charge in [0.25, 0.3) is 0 Å². The minimum Gasteiger partial charge on any atom is -0.481 e. The Kier molecular flexibility index (Phi) is 8.47. The molecule has 0 aromatic heterocycles. The second-order valence-electron chi connectivity index (χ2n) is 5.45. The molecule has 16 heavy (non-hydrogen) atoms. The van der Waals surface area contributed by atoms with E-state index in [9.17, 15) is 4.79 Å². The van der Waals surface area contributed by atoms with Crippen LogP contribution < -0.4 is 0 Å². The summed E-state index contributed by atoms with van der Waals surface area (Å²) < 4.78 is 0. The number of hydrogen-bond donors (Lipinski definition) is 3. The third-order valence-corrected chi connectivity index (χ3v) is 2.13. The Balaban J connectivity index is 0. The second kappa shape index (κ2) is 7.63. The van der Waals surface area contributed by atoms with Gasteiger partial charge in [-0.15, -0.1) is 0 Å². The van der Waals surface area contributed by atoms with Crippen LogP contribution in [-0.2, 0) is 4.79 Å². The van der Waals surface area contributed by atoms with E-state index in [1.165, 1.54) is 0 Å². The maximum absolute atomic E-state index is 9.70. The second-order valence-corrected chi connectivity index (χ2v) is 5.45. The summed E-state index contributed by atoms with van der Waals surface area (Å²) in [5.41, 5.74) is -0.367. The molecule has 0 rings (SSSR count). The number of aliphatic hydroxyl groups excluding tert-OH is 1. The first-order valence-electron chi connectivity index (χ1n) is 5.59. The average molecular weight is 234 g/mol. The Morgan fingerprint density at radius 2 is 1.44 bits per heavy atom. The van der Waals surface area contributed by atoms with Crippen LogP contribution in [0.3, 0.4) is 0 Å². The van der Waals surface area contributed by atoms with Crippen molar-refractivity contribution in [2.75, 3.05) is 0 Å². The molecule has 0 aliphatic rings. The lowest BCUT2D eigenvalue weighted by Gasteiger charge is -2.28. The van der Waals surface area contributed by atoms with Gasteiger partial charge in [0.2, 0.25) is 0 Å². The van der Waals surface area contributed by atoms with E-state index in [0.717, 1.165) is 6.42 Å². The van der Waals surface area contributed by atoms with Gasteiger partial charge >= 0.3 is 5.97 Å². The van der Waals surface area contributed by atoms with Gasteiger partial charge in [-0.3, -0.25) is 4.79 Å². The smallest absolute Gasteiger partial charge is 0.305 e. The van der Waals surface area contributed by atoms with Gasteiger partial charge in [-0.05, 0) is 12.3 Å². The van der Waals surface area contributed by atoms with Crippen molar-refractivity contribution < 1.29 is 20.1 Å². The molecule has 98 valence electrons. The summed E-state index contributed by atoms with van der Waals surface area (Å²) in [4.78, 5) is 9.70. The van der Waals surface area contributed by atoms with E-state index in [4.69, 9.17) is 15.3 Å². The van der Waals surface area contributed by atoms with Crippen LogP contribution in [0, 0.1) is 17.3 Å². The number of carboxylic acids is 1. The van der Waals surface area contributed by atoms with Crippen molar-refractivity contribution in [3.8, 4) is 0 Å². The lowest BCUT2D eigenvalue weighted by atomic mass is 9.83. The van der Waals surface area contributed by atoms with Crippen molar-refractivity contribution in [3.63, 3.8) is 0 Å². The van der Waals surface area contributed by atoms with Crippen LogP contribution in [0.25, 0.3) is 0 Å². The van der Waals surface area contributed by atoms with E-state index in [2.05, 4.69) is 13.8 Å². The fourth-order valence-electron chi connectivity index (χ4n) is 1.16. The van der Waals surface area contributed by atoms with Crippen LogP contribution >= 0.6 is 0 Å². The van der Waals surface area contributed by atoms with Gasteiger partial charge in [-0.1, -0.05) is 41.5 Å². The average Bonchev–Trinajstić information content (AvgIpc) is 2.01. The van der Waals surface area contributed by atoms with Crippen molar-refractivity contribution >= 4 is 5.97 Å². The fraction of sp³-hybridized carbons (Fsp3) is 0.917. The van der Waals surface area contributed by atoms with Gasteiger partial charge in [-0.25, -0.2) is 0 Å². The largest absolute Gasteiger partial charge is 0.481 e. The monoisotopic (exact) mass is 234 g/mol. The molecule has 4 nitrogen and oxygen atoms in total. The van der Waals surface area contributed by atoms with Crippen molar-refractivity contribution in [1.29, 1.82) is 0 Å². The first kappa shape index (κ1) is 17.8. The molecule has 0 fully saturated rings. The van der Waals surface area contributed by atoms with Crippen LogP contribution in [0.4, 0.5) is 0 Å². The molecule has 0 unspecified atom stereocenters. The van der Waals surface area contributed by atoms with Crippen LogP contribution in [0.1, 0.15) is 48.0 Å². The maximum Gasteiger partial charge on any atom is 0.305 e. The number of rotatable bonds is 4. The van der Waals surface area contributed by atoms with E-state index >= 15 is 0 Å². The Bertz CT molecular complexity index is 195. The lowest BCUT2D eigenvalue weighted by molar-refractivity contribution is -0.140. The van der Waals surface area contributed by atoms with Crippen molar-refractivity contribution in [2.45, 2.75) is 54.3 Å². The van der Waals surface area contributed by atoms with Crippen LogP contribution in [0.5, 0.6) is 0 Å². The Morgan fingerprint density at radius 1 is 1.12 bits per heavy atom. The van der Waals surface area contributed by atoms with E-state index in [0.29, 0.717) is 5.92 Å². The number of aliphatic carboxylic acids is 1. The molecule has 3 N–H and O–H groups in total. The molecular weight excluding hydrogens is 208 g/mol. The third-order valence-electron chi connectivity index (χ3n) is 2.13. The van der Waals surface area contributed by atoms with Gasteiger partial charge < -0.3 is 15.3 Å². The number of carboxylic acid groups (broad SMARTS) is 1. The lowest BCUT2D eigenvalue weighted by Crippen LogP contribution is -2.30. The molecule has 0 bridgehead atoms. The quantitative estimate of drug-likeness (QED) is 0.651. The van der Waals surface area contributed by atoms with Gasteiger partial charge in [0.15, 0.2) is 6.29 Å². The minimum absolute atomic E-state index is 0.231. The van der Waals surface area contributed by atoms with Crippen LogP contribution in [0.2, 0.25) is 0 Å². The predicted molar refractivity (Wildman–Crippen MR) is 63.9 cm³/mol. The molecule has 0 saturated heterocycles. The summed E-state index contributed by atoms with van der Waals surface area (Å²) in [7, 11) is 0. The first-order chi connectivity index (χ1) is 7.00. The van der Waals surface area contributed by atoms with Crippen LogP contribution in [-0.4, -0.2) is 27.6 Å². The van der Waals surface area contributed by atoms with E-state index < -0.39 is 12.3 Å². The summed E-state index contributed by atoms with van der Waals surface area (Å²) in [6.07, 6.45) is -0.361. The SMILES string of the molecule is CC(C)C(=O)O.CC(C)CC(C)(C)C(O)O. The summed E-state index contributed by atoms with van der Waals surface area (Å²) in [6, 6.07) is 0. The van der Waals surface area contributed by atoms with Crippen molar-refractivity contribution in [1.82, 2.24) is 0 Å². The number of aliphatic hydroxyl groups is 2. The summed E-state index contributed by atoms with van der Waals surface area (Å²) >= 11 is 0. The van der Waals surface area contributed by atoms with E-state index in [-0.39, 0.29) is 11.3 Å². The Morgan fingerprint density at radius 3 is 1.50 bits per heavy atom. The summed E-state index contributed by atoms with van der Waals surface area (Å²) in [5, 5.41) is 25.8. The first-order valence-corrected chi connectivity index (χ1v) is 5.59. The molecule has 0 aromatic rings. The van der Waals surface area contributed by atoms with Gasteiger partial charge in [0, 0.05) is 5.41 Å². The normalized spacial score (nSPS) is 11.7. The zero-order chi connectivity index (χ0) is 13.5. The zero-order valence-electron chi connectivity index (χ0n) is 11.2. The predicted octanol–water partition coefficient (Wildman–Crippen LogP) is 2.10. The standard InChI is InChI=1S/C8H18O2.C4H8O2/c1-6(2)5-8(3,4)7(9)10;1-3(2)4(5)6/h6-7,9-10H,5H2,1-4H3;3H,1-2H3,(H,5,6). The summed E-state index contributed by atoms with van der Waals surface area (Å²) in [6.45, 7) is 11.1. The highest BCUT2D eigenvalue weighted by Crippen LogP contribution is 2.27. The Hall–Kier alpha value is -0.610. The van der Waals surface area contributed by atoms with Gasteiger partial charge in [-0.2, -0.15) is 0 Å². The molecule has 0 atom stereocenters. The topological polar surface area (TPSA) is 77.8 Å². The molecule has 0 amide bonds. The highest BCUT2D eigenvalue weighted by Gasteiger charge is 2.26. The molecule has 0 aliphatic heterocycles. The molecule has 0 aliphatic carbocycles. The van der Waals surface area contributed by atoms with E-state index in [1.807, 2.05) is 13.8 Å². The molecule has 0 aromatic carbocycles. The van der Waals surface area contributed by atoms with Crippen molar-refractivity contribution in [3.05, 3.63) is 0 Å². The minimum atomic E-state index is -1.20. The third kappa shape index (κ3) is 9.93. The molecule has 4 heteroatoms. The highest BCUT2D eigenvalue weighted by atomic mass is 16.5. The molecule has 0 heterocycles. The van der Waals surface area contributed by atoms with Gasteiger partial charge in [0.05, 0.1) is 5.92 Å². The summed E-state index contributed by atoms with van der Waals surface area (Å²) in [5.74, 6) is -0.461. The van der Waals surface area contributed by atoms with Crippen molar-refractivity contribution in [2.24, 2.45) is 17.3 Å². The zero-order valence-corrected chi connectivity index (χ0v) is 11.2. The highest BCUT2D eigenvalue weighted by molar-refractivity contribution is 5.68. The fourth-order valence-corrected chi connectivity index (χ4v) is 1.16. The Labute approximate surface area is 98.3 Å². The van der Waals surface area contributed by atoms with Crippen LogP contribution in [0.15, 0.2) is 0 Å². The number of carbonyl (C=O) groups is 1. The molecular formula is C12H26O4. The molecule has 0 radical (unpaired) electrons. The van der Waals surface area contributed by atoms with Gasteiger partial charge in [0.1, 0.15) is 0 Å². The number of hydrogen-bond acceptors (Lipinski definition) is 3.